The molecule has 0 aliphatic heterocycles. The van der Waals surface area contributed by atoms with Crippen molar-refractivity contribution in [2.75, 3.05) is 13.2 Å². The Morgan fingerprint density at radius 3 is 2.03 bits per heavy atom. The van der Waals surface area contributed by atoms with Crippen molar-refractivity contribution in [3.8, 4) is 5.75 Å². The fourth-order valence-corrected chi connectivity index (χ4v) is 2.66. The molecule has 0 saturated heterocycles. The van der Waals surface area contributed by atoms with E-state index in [9.17, 15) is 9.59 Å². The summed E-state index contributed by atoms with van der Waals surface area (Å²) in [7, 11) is 0. The number of carbonyl (C=O) groups excluding carboxylic acids is 1. The predicted molar refractivity (Wildman–Crippen MR) is 119 cm³/mol. The summed E-state index contributed by atoms with van der Waals surface area (Å²) >= 11 is 0. The Morgan fingerprint density at radius 1 is 0.800 bits per heavy atom. The molecule has 0 radical (unpaired) electrons. The van der Waals surface area contributed by atoms with Crippen molar-refractivity contribution in [3.63, 3.8) is 0 Å². The van der Waals surface area contributed by atoms with Gasteiger partial charge in [-0.15, -0.1) is 0 Å². The van der Waals surface area contributed by atoms with Crippen molar-refractivity contribution < 1.29 is 24.2 Å². The summed E-state index contributed by atoms with van der Waals surface area (Å²) in [6.45, 7) is 5.38. The van der Waals surface area contributed by atoms with Crippen LogP contribution in [0.5, 0.6) is 5.75 Å². The lowest BCUT2D eigenvalue weighted by atomic mass is 10.2. The van der Waals surface area contributed by atoms with E-state index >= 15 is 0 Å². The molecule has 0 amide bonds. The standard InChI is InChI=1S/C13H18O2.C12H16O3/c1-2-3-7-10-15-13(14)11-12-8-5-4-6-9-12;1-2-3-6-9-15-11-8-5-4-7-10(11)12(13)14/h4-6,8-9H,2-3,7,10-11H2,1H3;4-5,7-8H,2-3,6,9H2,1H3,(H,13,14). The quantitative estimate of drug-likeness (QED) is 0.345. The van der Waals surface area contributed by atoms with Crippen molar-refractivity contribution in [1.82, 2.24) is 0 Å². The molecule has 0 aliphatic rings. The van der Waals surface area contributed by atoms with Gasteiger partial charge in [-0.1, -0.05) is 82.0 Å². The van der Waals surface area contributed by atoms with E-state index in [1.54, 1.807) is 24.3 Å². The lowest BCUT2D eigenvalue weighted by Crippen LogP contribution is -2.08. The van der Waals surface area contributed by atoms with Gasteiger partial charge in [0.15, 0.2) is 0 Å². The Labute approximate surface area is 180 Å². The average molecular weight is 415 g/mol. The van der Waals surface area contributed by atoms with E-state index in [-0.39, 0.29) is 11.5 Å². The number of rotatable bonds is 12. The fourth-order valence-electron chi connectivity index (χ4n) is 2.66. The van der Waals surface area contributed by atoms with Crippen LogP contribution in [0.25, 0.3) is 0 Å². The number of unbranched alkanes of at least 4 members (excludes halogenated alkanes) is 4. The van der Waals surface area contributed by atoms with Crippen LogP contribution in [-0.2, 0) is 16.0 Å². The zero-order valence-electron chi connectivity index (χ0n) is 18.1. The van der Waals surface area contributed by atoms with E-state index in [1.807, 2.05) is 30.3 Å². The van der Waals surface area contributed by atoms with E-state index in [1.165, 1.54) is 0 Å². The van der Waals surface area contributed by atoms with E-state index in [4.69, 9.17) is 14.6 Å². The molecule has 0 spiro atoms. The number of carbonyl (C=O) groups is 2. The van der Waals surface area contributed by atoms with Crippen LogP contribution in [0.15, 0.2) is 54.6 Å². The first-order valence-electron chi connectivity index (χ1n) is 10.7. The first-order chi connectivity index (χ1) is 14.6. The summed E-state index contributed by atoms with van der Waals surface area (Å²) in [5, 5.41) is 8.89. The van der Waals surface area contributed by atoms with Gasteiger partial charge in [0.1, 0.15) is 11.3 Å². The molecule has 0 aliphatic carbocycles. The number of ether oxygens (including phenoxy) is 2. The normalized spacial score (nSPS) is 9.93. The molecule has 0 aromatic heterocycles. The highest BCUT2D eigenvalue weighted by atomic mass is 16.5. The SMILES string of the molecule is CCCCCOC(=O)Cc1ccccc1.CCCCCOc1ccccc1C(=O)O. The molecule has 0 unspecified atom stereocenters. The minimum absolute atomic E-state index is 0.127. The summed E-state index contributed by atoms with van der Waals surface area (Å²) in [6, 6.07) is 16.4. The third-order valence-corrected chi connectivity index (χ3v) is 4.33. The molecule has 0 atom stereocenters. The Morgan fingerprint density at radius 2 is 1.40 bits per heavy atom. The van der Waals surface area contributed by atoms with Crippen LogP contribution in [0.2, 0.25) is 0 Å². The molecular weight excluding hydrogens is 380 g/mol. The summed E-state index contributed by atoms with van der Waals surface area (Å²) in [5.41, 5.74) is 1.24. The molecular formula is C25H34O5. The second kappa shape index (κ2) is 16.0. The van der Waals surface area contributed by atoms with E-state index in [2.05, 4.69) is 13.8 Å². The zero-order valence-corrected chi connectivity index (χ0v) is 18.1. The van der Waals surface area contributed by atoms with Gasteiger partial charge in [-0.25, -0.2) is 4.79 Å². The van der Waals surface area contributed by atoms with Crippen molar-refractivity contribution in [2.24, 2.45) is 0 Å². The zero-order chi connectivity index (χ0) is 22.0. The molecule has 5 nitrogen and oxygen atoms in total. The van der Waals surface area contributed by atoms with Gasteiger partial charge in [-0.3, -0.25) is 4.79 Å². The number of aromatic carboxylic acids is 1. The number of hydrogen-bond donors (Lipinski definition) is 1. The van der Waals surface area contributed by atoms with Gasteiger partial charge in [-0.05, 0) is 30.5 Å². The molecule has 164 valence electrons. The molecule has 1 N–H and O–H groups in total. The minimum Gasteiger partial charge on any atom is -0.493 e. The second-order valence-corrected chi connectivity index (χ2v) is 6.95. The molecule has 0 heterocycles. The highest BCUT2D eigenvalue weighted by Crippen LogP contribution is 2.18. The monoisotopic (exact) mass is 414 g/mol. The van der Waals surface area contributed by atoms with E-state index in [0.29, 0.717) is 25.4 Å². The fraction of sp³-hybridized carbons (Fsp3) is 0.440. The molecule has 0 saturated carbocycles. The van der Waals surface area contributed by atoms with Gasteiger partial charge < -0.3 is 14.6 Å². The van der Waals surface area contributed by atoms with Gasteiger partial charge in [0, 0.05) is 0 Å². The smallest absolute Gasteiger partial charge is 0.339 e. The first kappa shape index (κ1) is 25.2. The molecule has 2 aromatic rings. The van der Waals surface area contributed by atoms with Gasteiger partial charge in [0.25, 0.3) is 0 Å². The summed E-state index contributed by atoms with van der Waals surface area (Å²) < 4.78 is 10.5. The number of carboxylic acid groups (broad SMARTS) is 1. The molecule has 30 heavy (non-hydrogen) atoms. The Kier molecular flexibility index (Phi) is 13.5. The van der Waals surface area contributed by atoms with E-state index in [0.717, 1.165) is 44.1 Å². The predicted octanol–water partition coefficient (Wildman–Crippen LogP) is 5.92. The van der Waals surface area contributed by atoms with Gasteiger partial charge >= 0.3 is 11.9 Å². The van der Waals surface area contributed by atoms with E-state index < -0.39 is 5.97 Å². The van der Waals surface area contributed by atoms with Crippen LogP contribution < -0.4 is 4.74 Å². The van der Waals surface area contributed by atoms with Crippen LogP contribution in [0, 0.1) is 0 Å². The summed E-state index contributed by atoms with van der Waals surface area (Å²) in [4.78, 5) is 22.2. The highest BCUT2D eigenvalue weighted by molar-refractivity contribution is 5.90. The topological polar surface area (TPSA) is 72.8 Å². The van der Waals surface area contributed by atoms with Crippen LogP contribution in [-0.4, -0.2) is 30.3 Å². The lowest BCUT2D eigenvalue weighted by molar-refractivity contribution is -0.142. The average Bonchev–Trinajstić information content (AvgIpc) is 2.76. The third kappa shape index (κ3) is 11.2. The summed E-state index contributed by atoms with van der Waals surface area (Å²) in [5.74, 6) is -0.612. The maximum absolute atomic E-state index is 11.4. The Bertz CT molecular complexity index is 727. The van der Waals surface area contributed by atoms with Crippen LogP contribution in [0.4, 0.5) is 0 Å². The van der Waals surface area contributed by atoms with Crippen molar-refractivity contribution >= 4 is 11.9 Å². The van der Waals surface area contributed by atoms with Gasteiger partial charge in [0.2, 0.25) is 0 Å². The van der Waals surface area contributed by atoms with Crippen molar-refractivity contribution in [2.45, 2.75) is 58.8 Å². The second-order valence-electron chi connectivity index (χ2n) is 6.95. The first-order valence-corrected chi connectivity index (χ1v) is 10.7. The number of benzene rings is 2. The van der Waals surface area contributed by atoms with Gasteiger partial charge in [0.05, 0.1) is 19.6 Å². The number of hydrogen-bond acceptors (Lipinski definition) is 4. The molecule has 2 aromatic carbocycles. The number of esters is 1. The Balaban J connectivity index is 0.000000300. The van der Waals surface area contributed by atoms with Crippen LogP contribution >= 0.6 is 0 Å². The Hall–Kier alpha value is -2.82. The van der Waals surface area contributed by atoms with Crippen LogP contribution in [0.1, 0.15) is 68.3 Å². The van der Waals surface area contributed by atoms with Crippen LogP contribution in [0.3, 0.4) is 0 Å². The number of carboxylic acids is 1. The number of para-hydroxylation sites is 1. The molecule has 0 bridgehead atoms. The maximum atomic E-state index is 11.4. The highest BCUT2D eigenvalue weighted by Gasteiger charge is 2.09. The van der Waals surface area contributed by atoms with Gasteiger partial charge in [-0.2, -0.15) is 0 Å². The third-order valence-electron chi connectivity index (χ3n) is 4.33. The molecule has 2 rings (SSSR count). The molecule has 5 heteroatoms. The summed E-state index contributed by atoms with van der Waals surface area (Å²) in [6.07, 6.45) is 6.82. The largest absolute Gasteiger partial charge is 0.493 e. The minimum atomic E-state index is -0.943. The lowest BCUT2D eigenvalue weighted by Gasteiger charge is -2.08. The molecule has 0 fully saturated rings. The van der Waals surface area contributed by atoms with Crippen molar-refractivity contribution in [1.29, 1.82) is 0 Å². The maximum Gasteiger partial charge on any atom is 0.339 e. The van der Waals surface area contributed by atoms with Crippen molar-refractivity contribution in [3.05, 3.63) is 65.7 Å².